The Morgan fingerprint density at radius 3 is 1.57 bits per heavy atom. The lowest BCUT2D eigenvalue weighted by molar-refractivity contribution is -0.140. The van der Waals surface area contributed by atoms with Crippen LogP contribution >= 0.6 is 11.6 Å². The van der Waals surface area contributed by atoms with E-state index in [0.717, 1.165) is 32.2 Å². The predicted octanol–water partition coefficient (Wildman–Crippen LogP) is 6.83. The molecule has 0 aliphatic rings. The van der Waals surface area contributed by atoms with E-state index in [0.29, 0.717) is 56.1 Å². The molecule has 0 aromatic heterocycles. The molecule has 0 atom stereocenters. The molecule has 0 aromatic carbocycles. The number of hydrogen-bond donors (Lipinski definition) is 2. The number of nitrogens with zero attached hydrogens (tertiary/aromatic N) is 7. The molecule has 0 amide bonds. The van der Waals surface area contributed by atoms with Crippen LogP contribution in [0.2, 0.25) is 0 Å². The summed E-state index contributed by atoms with van der Waals surface area (Å²) in [4.78, 5) is 38.0. The zero-order chi connectivity index (χ0) is 33.9. The maximum absolute atomic E-state index is 10.7. The van der Waals surface area contributed by atoms with Gasteiger partial charge in [-0.2, -0.15) is 0 Å². The molecule has 0 saturated carbocycles. The van der Waals surface area contributed by atoms with Gasteiger partial charge < -0.3 is 15.8 Å². The van der Waals surface area contributed by atoms with E-state index < -0.39 is 5.24 Å². The average Bonchev–Trinajstić information content (AvgIpc) is 2.90. The summed E-state index contributed by atoms with van der Waals surface area (Å²) in [5, 5.41) is 9.14. The summed E-state index contributed by atoms with van der Waals surface area (Å²) in [6.07, 6.45) is 3.53. The molecule has 0 rings (SSSR count). The van der Waals surface area contributed by atoms with Crippen molar-refractivity contribution in [2.45, 2.75) is 100 Å². The number of nitrogens with two attached hydrogens (primary N) is 1. The molecule has 0 unspecified atom stereocenters. The van der Waals surface area contributed by atoms with E-state index in [9.17, 15) is 14.4 Å². The number of rotatable bonds is 16. The summed E-state index contributed by atoms with van der Waals surface area (Å²) in [6, 6.07) is 1.38. The van der Waals surface area contributed by atoms with Crippen LogP contribution < -0.4 is 11.1 Å². The molecule has 0 heterocycles. The number of hydrogen-bond acceptors (Lipinski definition) is 9. The smallest absolute Gasteiger partial charge is 0.302 e. The van der Waals surface area contributed by atoms with Gasteiger partial charge in [-0.1, -0.05) is 30.3 Å². The molecular formula is C28H56ClN9O4. The van der Waals surface area contributed by atoms with Crippen molar-refractivity contribution in [2.75, 3.05) is 39.3 Å². The number of ether oxygens (including phenoxy) is 1. The number of carbonyl (C=O) groups excluding carboxylic acids is 3. The van der Waals surface area contributed by atoms with E-state index in [-0.39, 0.29) is 11.8 Å². The molecule has 13 nitrogen and oxygen atoms in total. The molecule has 14 heteroatoms. The Morgan fingerprint density at radius 2 is 1.36 bits per heavy atom. The standard InChI is InChI=1S/C8H14N4O.C8H19N.C4H5ClO.C4H10N4.C4H8O2/c1-7(8(2)13)10-5-3-4-6-11-12-9;1-6-9(7(2)3)8(4)5;1-3(2)4(5)6;5-3-1-2-4-7-8-6;1-3-6-4(2)5/h10H,1,3-6H2,2H3;7-8H,6H2,1-5H3;1H2,2H3;1-5H2;3H2,1-2H3. The van der Waals surface area contributed by atoms with Crippen molar-refractivity contribution in [1.82, 2.24) is 10.2 Å². The van der Waals surface area contributed by atoms with Gasteiger partial charge in [0.25, 0.3) is 0 Å². The predicted molar refractivity (Wildman–Crippen MR) is 174 cm³/mol. The first-order valence-corrected chi connectivity index (χ1v) is 14.4. The van der Waals surface area contributed by atoms with Crippen LogP contribution in [-0.2, 0) is 19.1 Å². The molecule has 0 aromatic rings. The van der Waals surface area contributed by atoms with Crippen molar-refractivity contribution < 1.29 is 19.1 Å². The highest BCUT2D eigenvalue weighted by atomic mass is 35.5. The van der Waals surface area contributed by atoms with Gasteiger partial charge in [-0.05, 0) is 103 Å². The van der Waals surface area contributed by atoms with Gasteiger partial charge in [0.15, 0.2) is 5.78 Å². The summed E-state index contributed by atoms with van der Waals surface area (Å²) in [5.74, 6) is -0.257. The monoisotopic (exact) mass is 617 g/mol. The van der Waals surface area contributed by atoms with E-state index in [1.807, 2.05) is 0 Å². The van der Waals surface area contributed by atoms with Gasteiger partial charge in [0, 0.05) is 61.0 Å². The topological polar surface area (TPSA) is 199 Å². The van der Waals surface area contributed by atoms with Crippen LogP contribution in [0.15, 0.2) is 34.7 Å². The lowest BCUT2D eigenvalue weighted by Crippen LogP contribution is -2.36. The van der Waals surface area contributed by atoms with Crippen molar-refractivity contribution in [3.05, 3.63) is 45.3 Å². The molecule has 244 valence electrons. The molecule has 0 saturated heterocycles. The van der Waals surface area contributed by atoms with Crippen molar-refractivity contribution in [1.29, 1.82) is 0 Å². The first-order chi connectivity index (χ1) is 19.6. The van der Waals surface area contributed by atoms with E-state index in [1.54, 1.807) is 13.8 Å². The molecule has 3 N–H and O–H groups in total. The summed E-state index contributed by atoms with van der Waals surface area (Å²) in [7, 11) is 0. The van der Waals surface area contributed by atoms with E-state index >= 15 is 0 Å². The quantitative estimate of drug-likeness (QED) is 0.0359. The molecule has 0 aliphatic heterocycles. The number of allylic oxidation sites excluding steroid dienone is 2. The second-order valence-electron chi connectivity index (χ2n) is 9.07. The van der Waals surface area contributed by atoms with Crippen LogP contribution in [0.5, 0.6) is 0 Å². The molecule has 0 bridgehead atoms. The largest absolute Gasteiger partial charge is 0.466 e. The van der Waals surface area contributed by atoms with Gasteiger partial charge in [-0.25, -0.2) is 0 Å². The Labute approximate surface area is 258 Å². The Morgan fingerprint density at radius 1 is 0.929 bits per heavy atom. The Hall–Kier alpha value is -3.08. The van der Waals surface area contributed by atoms with Gasteiger partial charge in [-0.3, -0.25) is 19.3 Å². The number of carbonyl (C=O) groups is 3. The molecule has 0 spiro atoms. The van der Waals surface area contributed by atoms with Gasteiger partial charge >= 0.3 is 5.97 Å². The first-order valence-electron chi connectivity index (χ1n) is 14.0. The number of halogens is 1. The van der Waals surface area contributed by atoms with Crippen molar-refractivity contribution in [3.63, 3.8) is 0 Å². The lowest BCUT2D eigenvalue weighted by Gasteiger charge is -2.28. The SMILES string of the molecule is C=C(C)C(=O)Cl.C=C(NCCCCN=[N+]=[N-])C(C)=O.CCN(C(C)C)C(C)C.CCOC(C)=O.[N-]=[N+]=NCCCCN. The van der Waals surface area contributed by atoms with Gasteiger partial charge in [0.2, 0.25) is 5.24 Å². The normalized spacial score (nSPS) is 9.00. The Kier molecular flexibility index (Phi) is 43.9. The number of nitrogens with one attached hydrogen (secondary N) is 1. The fraction of sp³-hybridized carbons (Fsp3) is 0.750. The average molecular weight is 618 g/mol. The van der Waals surface area contributed by atoms with Gasteiger partial charge in [-0.15, -0.1) is 0 Å². The fourth-order valence-electron chi connectivity index (χ4n) is 2.62. The summed E-state index contributed by atoms with van der Waals surface area (Å²) >= 11 is 4.87. The molecular weight excluding hydrogens is 562 g/mol. The lowest BCUT2D eigenvalue weighted by atomic mass is 10.2. The Bertz CT molecular complexity index is 804. The minimum absolute atomic E-state index is 0.0463. The molecule has 0 aliphatic carbocycles. The second kappa shape index (κ2) is 37.9. The third-order valence-electron chi connectivity index (χ3n) is 4.66. The highest BCUT2D eigenvalue weighted by Crippen LogP contribution is 2.02. The van der Waals surface area contributed by atoms with Crippen LogP contribution in [-0.4, -0.2) is 73.3 Å². The van der Waals surface area contributed by atoms with Crippen LogP contribution in [0.1, 0.15) is 88.0 Å². The third kappa shape index (κ3) is 49.8. The number of ketones is 1. The molecule has 0 radical (unpaired) electrons. The van der Waals surface area contributed by atoms with Crippen molar-refractivity contribution in [3.8, 4) is 0 Å². The highest BCUT2D eigenvalue weighted by Gasteiger charge is 2.09. The van der Waals surface area contributed by atoms with E-state index in [1.165, 1.54) is 13.8 Å². The van der Waals surface area contributed by atoms with Crippen molar-refractivity contribution >= 4 is 28.6 Å². The zero-order valence-corrected chi connectivity index (χ0v) is 28.1. The number of unbranched alkanes of at least 4 members (excludes halogenated alkanes) is 2. The molecule has 0 fully saturated rings. The fourth-order valence-corrected chi connectivity index (χ4v) is 2.62. The number of azide groups is 2. The summed E-state index contributed by atoms with van der Waals surface area (Å²) in [5.41, 5.74) is 21.8. The minimum atomic E-state index is -0.463. The minimum Gasteiger partial charge on any atom is -0.466 e. The van der Waals surface area contributed by atoms with Crippen molar-refractivity contribution in [2.24, 2.45) is 16.0 Å². The van der Waals surface area contributed by atoms with Crippen LogP contribution in [0.3, 0.4) is 0 Å². The Balaban J connectivity index is -0.000000141. The zero-order valence-electron chi connectivity index (χ0n) is 27.4. The second-order valence-corrected chi connectivity index (χ2v) is 9.41. The maximum Gasteiger partial charge on any atom is 0.302 e. The first kappa shape index (κ1) is 48.6. The summed E-state index contributed by atoms with van der Waals surface area (Å²) in [6.45, 7) is 28.3. The number of Topliss-reactive ketones (excluding diaryl/α,β-unsaturated/α-hetero) is 1. The van der Waals surface area contributed by atoms with Crippen LogP contribution in [0.25, 0.3) is 20.9 Å². The van der Waals surface area contributed by atoms with Gasteiger partial charge in [0.1, 0.15) is 0 Å². The third-order valence-corrected chi connectivity index (χ3v) is 4.98. The van der Waals surface area contributed by atoms with Crippen LogP contribution in [0.4, 0.5) is 0 Å². The highest BCUT2D eigenvalue weighted by molar-refractivity contribution is 6.67. The van der Waals surface area contributed by atoms with E-state index in [2.05, 4.69) is 82.8 Å². The van der Waals surface area contributed by atoms with Gasteiger partial charge in [0.05, 0.1) is 12.3 Å². The van der Waals surface area contributed by atoms with Crippen LogP contribution in [0, 0.1) is 0 Å². The number of esters is 1. The van der Waals surface area contributed by atoms with E-state index in [4.69, 9.17) is 28.4 Å². The molecule has 42 heavy (non-hydrogen) atoms. The maximum atomic E-state index is 10.7. The summed E-state index contributed by atoms with van der Waals surface area (Å²) < 4.78 is 4.40.